The second-order valence-corrected chi connectivity index (χ2v) is 9.98. The monoisotopic (exact) mass is 519 g/mol. The zero-order valence-corrected chi connectivity index (χ0v) is 21.6. The standard InChI is InChI=1S/C27H31F2N9/c1-3-36-6-8-37(9-7-36)16-18-4-5-23(31-13-18)33-27-32-14-21(29)25(35-27)19-10-20(28)26-22(11-19)38-17(2)12-30-15-24(38)34-26/h4-5,10-11,13-14,17,30H,3,6-9,12,15-16H2,1-2H3,(H,31,32,33,35). The number of rotatable bonds is 6. The second kappa shape index (κ2) is 10.3. The summed E-state index contributed by atoms with van der Waals surface area (Å²) in [6.45, 7) is 11.8. The van der Waals surface area contributed by atoms with Crippen LogP contribution in [0.25, 0.3) is 22.3 Å². The van der Waals surface area contributed by atoms with Crippen LogP contribution < -0.4 is 10.6 Å². The highest BCUT2D eigenvalue weighted by molar-refractivity contribution is 5.83. The molecule has 198 valence electrons. The molecule has 11 heteroatoms. The molecule has 9 nitrogen and oxygen atoms in total. The lowest BCUT2D eigenvalue weighted by molar-refractivity contribution is 0.132. The zero-order chi connectivity index (χ0) is 26.2. The molecule has 2 aliphatic rings. The minimum absolute atomic E-state index is 0.0169. The zero-order valence-electron chi connectivity index (χ0n) is 21.6. The van der Waals surface area contributed by atoms with Crippen LogP contribution >= 0.6 is 0 Å². The van der Waals surface area contributed by atoms with Crippen LogP contribution in [0.4, 0.5) is 20.5 Å². The Bertz CT molecular complexity index is 1450. The van der Waals surface area contributed by atoms with Crippen molar-refractivity contribution in [3.63, 3.8) is 0 Å². The maximum absolute atomic E-state index is 15.1. The predicted octanol–water partition coefficient (Wildman–Crippen LogP) is 3.71. The molecule has 0 radical (unpaired) electrons. The van der Waals surface area contributed by atoms with Gasteiger partial charge in [-0.3, -0.25) is 4.90 Å². The van der Waals surface area contributed by atoms with Gasteiger partial charge in [0.05, 0.1) is 18.3 Å². The molecule has 5 heterocycles. The van der Waals surface area contributed by atoms with Gasteiger partial charge in [0.15, 0.2) is 11.6 Å². The molecule has 1 aromatic carbocycles. The fourth-order valence-electron chi connectivity index (χ4n) is 5.30. The maximum atomic E-state index is 15.1. The summed E-state index contributed by atoms with van der Waals surface area (Å²) in [6.07, 6.45) is 2.93. The van der Waals surface area contributed by atoms with Gasteiger partial charge in [-0.05, 0) is 37.2 Å². The topological polar surface area (TPSA) is 87.0 Å². The summed E-state index contributed by atoms with van der Waals surface area (Å²) < 4.78 is 31.9. The van der Waals surface area contributed by atoms with E-state index in [1.807, 2.05) is 29.8 Å². The lowest BCUT2D eigenvalue weighted by Gasteiger charge is -2.33. The summed E-state index contributed by atoms with van der Waals surface area (Å²) in [6, 6.07) is 7.01. The van der Waals surface area contributed by atoms with Gasteiger partial charge < -0.3 is 20.1 Å². The van der Waals surface area contributed by atoms with Gasteiger partial charge in [-0.25, -0.2) is 28.7 Å². The third-order valence-corrected chi connectivity index (χ3v) is 7.39. The first-order valence-electron chi connectivity index (χ1n) is 13.1. The van der Waals surface area contributed by atoms with Crippen LogP contribution in [0.5, 0.6) is 0 Å². The number of imidazole rings is 1. The normalized spacial score (nSPS) is 18.6. The van der Waals surface area contributed by atoms with Crippen molar-refractivity contribution in [3.05, 3.63) is 59.7 Å². The number of likely N-dealkylation sites (N-methyl/N-ethyl adjacent to an activating group) is 1. The van der Waals surface area contributed by atoms with E-state index in [1.165, 1.54) is 6.07 Å². The van der Waals surface area contributed by atoms with Crippen molar-refractivity contribution in [1.82, 2.24) is 39.6 Å². The largest absolute Gasteiger partial charge is 0.323 e. The van der Waals surface area contributed by atoms with Gasteiger partial charge in [0.1, 0.15) is 22.9 Å². The number of benzene rings is 1. The molecule has 2 N–H and O–H groups in total. The Labute approximate surface area is 219 Å². The van der Waals surface area contributed by atoms with E-state index in [4.69, 9.17) is 0 Å². The summed E-state index contributed by atoms with van der Waals surface area (Å²) in [5.74, 6) is 0.361. The highest BCUT2D eigenvalue weighted by Crippen LogP contribution is 2.31. The Balaban J connectivity index is 1.21. The fourth-order valence-corrected chi connectivity index (χ4v) is 5.30. The number of pyridine rings is 1. The molecule has 0 saturated carbocycles. The molecule has 2 aliphatic heterocycles. The van der Waals surface area contributed by atoms with E-state index in [1.54, 1.807) is 6.07 Å². The Morgan fingerprint density at radius 2 is 1.82 bits per heavy atom. The number of hydrogen-bond donors (Lipinski definition) is 2. The van der Waals surface area contributed by atoms with Gasteiger partial charge in [-0.15, -0.1) is 0 Å². The molecule has 1 saturated heterocycles. The smallest absolute Gasteiger partial charge is 0.229 e. The molecule has 6 rings (SSSR count). The summed E-state index contributed by atoms with van der Waals surface area (Å²) in [7, 11) is 0. The molecule has 1 fully saturated rings. The first kappa shape index (κ1) is 24.8. The van der Waals surface area contributed by atoms with Crippen LogP contribution in [0.15, 0.2) is 36.7 Å². The predicted molar refractivity (Wildman–Crippen MR) is 142 cm³/mol. The second-order valence-electron chi connectivity index (χ2n) is 9.98. The molecule has 1 unspecified atom stereocenters. The Hall–Kier alpha value is -3.54. The van der Waals surface area contributed by atoms with E-state index in [-0.39, 0.29) is 23.2 Å². The van der Waals surface area contributed by atoms with Crippen LogP contribution in [-0.4, -0.2) is 73.6 Å². The van der Waals surface area contributed by atoms with Crippen molar-refractivity contribution < 1.29 is 8.78 Å². The minimum atomic E-state index is -0.631. The molecule has 0 bridgehead atoms. The third kappa shape index (κ3) is 4.84. The molecule has 4 aromatic rings. The first-order chi connectivity index (χ1) is 18.5. The SMILES string of the molecule is CCN1CCN(Cc2ccc(Nc3ncc(F)c(-c4cc(F)c5nc6n(c5c4)C(C)CNC6)n3)nc2)CC1. The minimum Gasteiger partial charge on any atom is -0.323 e. The van der Waals surface area contributed by atoms with Gasteiger partial charge in [0.2, 0.25) is 5.95 Å². The van der Waals surface area contributed by atoms with Crippen molar-refractivity contribution >= 4 is 22.8 Å². The van der Waals surface area contributed by atoms with Gasteiger partial charge >= 0.3 is 0 Å². The fraction of sp³-hybridized carbons (Fsp3) is 0.407. The van der Waals surface area contributed by atoms with E-state index in [0.29, 0.717) is 23.4 Å². The van der Waals surface area contributed by atoms with Gasteiger partial charge in [-0.2, -0.15) is 0 Å². The van der Waals surface area contributed by atoms with Crippen LogP contribution in [0.2, 0.25) is 0 Å². The number of aromatic nitrogens is 5. The summed E-state index contributed by atoms with van der Waals surface area (Å²) in [5, 5.41) is 6.33. The Morgan fingerprint density at radius 3 is 2.58 bits per heavy atom. The number of fused-ring (bicyclic) bond motifs is 3. The molecule has 0 amide bonds. The van der Waals surface area contributed by atoms with Crippen molar-refractivity contribution in [2.75, 3.05) is 44.6 Å². The Kier molecular flexibility index (Phi) is 6.73. The molecular weight excluding hydrogens is 488 g/mol. The highest BCUT2D eigenvalue weighted by atomic mass is 19.1. The van der Waals surface area contributed by atoms with E-state index in [0.717, 1.165) is 63.4 Å². The summed E-state index contributed by atoms with van der Waals surface area (Å²) in [5.41, 5.74) is 2.38. The highest BCUT2D eigenvalue weighted by Gasteiger charge is 2.23. The van der Waals surface area contributed by atoms with Gasteiger partial charge in [0, 0.05) is 57.1 Å². The molecule has 38 heavy (non-hydrogen) atoms. The average Bonchev–Trinajstić information content (AvgIpc) is 3.32. The summed E-state index contributed by atoms with van der Waals surface area (Å²) >= 11 is 0. The number of piperazine rings is 1. The van der Waals surface area contributed by atoms with E-state index in [9.17, 15) is 4.39 Å². The van der Waals surface area contributed by atoms with Crippen molar-refractivity contribution in [2.45, 2.75) is 33.0 Å². The van der Waals surface area contributed by atoms with Crippen molar-refractivity contribution in [1.29, 1.82) is 0 Å². The lowest BCUT2D eigenvalue weighted by Crippen LogP contribution is -2.45. The van der Waals surface area contributed by atoms with Crippen LogP contribution in [0, 0.1) is 11.6 Å². The number of nitrogens with one attached hydrogen (secondary N) is 2. The quantitative estimate of drug-likeness (QED) is 0.399. The van der Waals surface area contributed by atoms with Crippen molar-refractivity contribution in [2.24, 2.45) is 0 Å². The van der Waals surface area contributed by atoms with Crippen molar-refractivity contribution in [3.8, 4) is 11.3 Å². The van der Waals surface area contributed by atoms with Gasteiger partial charge in [-0.1, -0.05) is 13.0 Å². The molecule has 3 aromatic heterocycles. The number of nitrogens with zero attached hydrogens (tertiary/aromatic N) is 7. The van der Waals surface area contributed by atoms with Crippen LogP contribution in [0.3, 0.4) is 0 Å². The molecule has 1 atom stereocenters. The maximum Gasteiger partial charge on any atom is 0.229 e. The van der Waals surface area contributed by atoms with E-state index in [2.05, 4.69) is 47.3 Å². The number of anilines is 2. The number of hydrogen-bond acceptors (Lipinski definition) is 8. The Morgan fingerprint density at radius 1 is 1.00 bits per heavy atom. The third-order valence-electron chi connectivity index (χ3n) is 7.39. The summed E-state index contributed by atoms with van der Waals surface area (Å²) in [4.78, 5) is 22.3. The van der Waals surface area contributed by atoms with Crippen LogP contribution in [-0.2, 0) is 13.1 Å². The molecular formula is C27H31F2N9. The molecule has 0 aliphatic carbocycles. The number of halogens is 2. The van der Waals surface area contributed by atoms with E-state index < -0.39 is 11.6 Å². The first-order valence-corrected chi connectivity index (χ1v) is 13.1. The average molecular weight is 520 g/mol. The van der Waals surface area contributed by atoms with Crippen LogP contribution in [0.1, 0.15) is 31.3 Å². The molecule has 0 spiro atoms. The lowest BCUT2D eigenvalue weighted by atomic mass is 10.1. The van der Waals surface area contributed by atoms with Gasteiger partial charge in [0.25, 0.3) is 0 Å². The van der Waals surface area contributed by atoms with E-state index >= 15 is 4.39 Å².